The predicted molar refractivity (Wildman–Crippen MR) is 76.4 cm³/mol. The van der Waals surface area contributed by atoms with E-state index in [9.17, 15) is 0 Å². The van der Waals surface area contributed by atoms with Crippen molar-refractivity contribution in [2.45, 2.75) is 44.4 Å². The minimum atomic E-state index is 0.362. The van der Waals surface area contributed by atoms with E-state index in [0.717, 1.165) is 18.4 Å². The van der Waals surface area contributed by atoms with Crippen LogP contribution in [-0.4, -0.2) is 19.2 Å². The molecule has 0 aliphatic heterocycles. The summed E-state index contributed by atoms with van der Waals surface area (Å²) < 4.78 is 5.93. The molecule has 4 heteroatoms. The van der Waals surface area contributed by atoms with Gasteiger partial charge in [0, 0.05) is 16.1 Å². The first kappa shape index (κ1) is 14.1. The fourth-order valence-corrected chi connectivity index (χ4v) is 2.83. The van der Waals surface area contributed by atoms with Crippen LogP contribution in [0.3, 0.4) is 0 Å². The van der Waals surface area contributed by atoms with Crippen LogP contribution in [0.15, 0.2) is 18.2 Å². The number of hydrogen-bond acceptors (Lipinski definition) is 2. The van der Waals surface area contributed by atoms with E-state index in [2.05, 4.69) is 5.32 Å². The van der Waals surface area contributed by atoms with Gasteiger partial charge in [-0.3, -0.25) is 0 Å². The lowest BCUT2D eigenvalue weighted by Gasteiger charge is -2.28. The highest BCUT2D eigenvalue weighted by Crippen LogP contribution is 2.25. The third-order valence-corrected chi connectivity index (χ3v) is 4.16. The van der Waals surface area contributed by atoms with Gasteiger partial charge in [0.1, 0.15) is 0 Å². The zero-order valence-electron chi connectivity index (χ0n) is 10.6. The molecule has 0 amide bonds. The standard InChI is InChI=1S/C14H19Cl2NO/c1-17-12-4-6-13(7-5-12)18-9-10-2-3-11(15)8-14(10)16/h2-3,8,12-13,17H,4-7,9H2,1H3. The number of hydrogen-bond donors (Lipinski definition) is 1. The third kappa shape index (κ3) is 3.86. The highest BCUT2D eigenvalue weighted by atomic mass is 35.5. The average Bonchev–Trinajstić information content (AvgIpc) is 2.38. The van der Waals surface area contributed by atoms with E-state index in [1.54, 1.807) is 6.07 Å². The van der Waals surface area contributed by atoms with E-state index in [4.69, 9.17) is 27.9 Å². The van der Waals surface area contributed by atoms with Crippen molar-refractivity contribution < 1.29 is 4.74 Å². The van der Waals surface area contributed by atoms with E-state index >= 15 is 0 Å². The zero-order chi connectivity index (χ0) is 13.0. The van der Waals surface area contributed by atoms with Crippen molar-refractivity contribution >= 4 is 23.2 Å². The van der Waals surface area contributed by atoms with Gasteiger partial charge in [0.15, 0.2) is 0 Å². The average molecular weight is 288 g/mol. The van der Waals surface area contributed by atoms with Gasteiger partial charge < -0.3 is 10.1 Å². The molecule has 1 aliphatic rings. The summed E-state index contributed by atoms with van der Waals surface area (Å²) in [5.74, 6) is 0. The molecule has 0 aromatic heterocycles. The first-order valence-corrected chi connectivity index (χ1v) is 7.17. The molecule has 1 aromatic rings. The number of nitrogens with one attached hydrogen (secondary N) is 1. The van der Waals surface area contributed by atoms with E-state index in [1.807, 2.05) is 19.2 Å². The molecule has 0 radical (unpaired) electrons. The molecule has 2 nitrogen and oxygen atoms in total. The van der Waals surface area contributed by atoms with Gasteiger partial charge >= 0.3 is 0 Å². The normalized spacial score (nSPS) is 24.2. The molecule has 18 heavy (non-hydrogen) atoms. The fourth-order valence-electron chi connectivity index (χ4n) is 2.36. The lowest BCUT2D eigenvalue weighted by atomic mass is 9.93. The molecule has 0 spiro atoms. The first-order chi connectivity index (χ1) is 8.69. The Morgan fingerprint density at radius 2 is 1.94 bits per heavy atom. The van der Waals surface area contributed by atoms with Crippen molar-refractivity contribution in [1.82, 2.24) is 5.32 Å². The highest BCUT2D eigenvalue weighted by Gasteiger charge is 2.20. The van der Waals surface area contributed by atoms with Crippen molar-refractivity contribution in [1.29, 1.82) is 0 Å². The maximum absolute atomic E-state index is 6.12. The molecule has 1 aliphatic carbocycles. The van der Waals surface area contributed by atoms with Crippen LogP contribution in [-0.2, 0) is 11.3 Å². The van der Waals surface area contributed by atoms with Crippen LogP contribution in [0.5, 0.6) is 0 Å². The predicted octanol–water partition coefficient (Wildman–Crippen LogP) is 4.04. The molecule has 0 unspecified atom stereocenters. The lowest BCUT2D eigenvalue weighted by molar-refractivity contribution is 0.0119. The number of benzene rings is 1. The molecule has 1 N–H and O–H groups in total. The summed E-state index contributed by atoms with van der Waals surface area (Å²) in [5.41, 5.74) is 1.01. The SMILES string of the molecule is CNC1CCC(OCc2ccc(Cl)cc2Cl)CC1. The number of rotatable bonds is 4. The van der Waals surface area contributed by atoms with Gasteiger partial charge in [-0.05, 0) is 50.4 Å². The molecule has 0 atom stereocenters. The van der Waals surface area contributed by atoms with Gasteiger partial charge in [0.25, 0.3) is 0 Å². The van der Waals surface area contributed by atoms with Gasteiger partial charge in [-0.1, -0.05) is 29.3 Å². The topological polar surface area (TPSA) is 21.3 Å². The molecule has 1 fully saturated rings. The Bertz CT molecular complexity index is 389. The van der Waals surface area contributed by atoms with E-state index in [-0.39, 0.29) is 0 Å². The Morgan fingerprint density at radius 1 is 1.22 bits per heavy atom. The van der Waals surface area contributed by atoms with Crippen LogP contribution in [0.2, 0.25) is 10.0 Å². The van der Waals surface area contributed by atoms with Crippen LogP contribution in [0.25, 0.3) is 0 Å². The molecule has 0 heterocycles. The summed E-state index contributed by atoms with van der Waals surface area (Å²) >= 11 is 12.0. The molecule has 0 bridgehead atoms. The van der Waals surface area contributed by atoms with Gasteiger partial charge in [-0.25, -0.2) is 0 Å². The first-order valence-electron chi connectivity index (χ1n) is 6.42. The maximum atomic E-state index is 6.12. The summed E-state index contributed by atoms with van der Waals surface area (Å²) in [6.07, 6.45) is 4.99. The van der Waals surface area contributed by atoms with Crippen molar-refractivity contribution in [2.24, 2.45) is 0 Å². The second-order valence-corrected chi connectivity index (χ2v) is 5.65. The van der Waals surface area contributed by atoms with Gasteiger partial charge in [0.05, 0.1) is 12.7 Å². The number of halogens is 2. The Hall–Kier alpha value is -0.280. The smallest absolute Gasteiger partial charge is 0.0735 e. The van der Waals surface area contributed by atoms with Crippen molar-refractivity contribution in [3.05, 3.63) is 33.8 Å². The van der Waals surface area contributed by atoms with E-state index < -0.39 is 0 Å². The largest absolute Gasteiger partial charge is 0.373 e. The van der Waals surface area contributed by atoms with Crippen molar-refractivity contribution in [2.75, 3.05) is 7.05 Å². The fraction of sp³-hybridized carbons (Fsp3) is 0.571. The Labute approximate surface area is 119 Å². The summed E-state index contributed by atoms with van der Waals surface area (Å²) in [6.45, 7) is 0.574. The summed E-state index contributed by atoms with van der Waals surface area (Å²) in [5, 5.41) is 4.67. The van der Waals surface area contributed by atoms with Gasteiger partial charge in [-0.2, -0.15) is 0 Å². The second kappa shape index (κ2) is 6.76. The van der Waals surface area contributed by atoms with Crippen LogP contribution >= 0.6 is 23.2 Å². The quantitative estimate of drug-likeness (QED) is 0.902. The molecule has 100 valence electrons. The minimum absolute atomic E-state index is 0.362. The summed E-state index contributed by atoms with van der Waals surface area (Å²) in [7, 11) is 2.03. The third-order valence-electron chi connectivity index (χ3n) is 3.57. The van der Waals surface area contributed by atoms with Crippen LogP contribution in [0, 0.1) is 0 Å². The summed E-state index contributed by atoms with van der Waals surface area (Å²) in [6, 6.07) is 6.21. The van der Waals surface area contributed by atoms with Crippen molar-refractivity contribution in [3.8, 4) is 0 Å². The van der Waals surface area contributed by atoms with Gasteiger partial charge in [-0.15, -0.1) is 0 Å². The van der Waals surface area contributed by atoms with Gasteiger partial charge in [0.2, 0.25) is 0 Å². The monoisotopic (exact) mass is 287 g/mol. The minimum Gasteiger partial charge on any atom is -0.373 e. The Kier molecular flexibility index (Phi) is 5.31. The second-order valence-electron chi connectivity index (χ2n) is 4.81. The van der Waals surface area contributed by atoms with Crippen LogP contribution in [0.4, 0.5) is 0 Å². The lowest BCUT2D eigenvalue weighted by Crippen LogP contribution is -2.32. The molecule has 1 aromatic carbocycles. The molecule has 0 saturated heterocycles. The Balaban J connectivity index is 1.81. The maximum Gasteiger partial charge on any atom is 0.0735 e. The number of ether oxygens (including phenoxy) is 1. The van der Waals surface area contributed by atoms with Crippen molar-refractivity contribution in [3.63, 3.8) is 0 Å². The Morgan fingerprint density at radius 3 is 2.56 bits per heavy atom. The van der Waals surface area contributed by atoms with E-state index in [0.29, 0.717) is 28.8 Å². The van der Waals surface area contributed by atoms with Crippen LogP contribution in [0.1, 0.15) is 31.2 Å². The van der Waals surface area contributed by atoms with Crippen LogP contribution < -0.4 is 5.32 Å². The molecular formula is C14H19Cl2NO. The zero-order valence-corrected chi connectivity index (χ0v) is 12.1. The summed E-state index contributed by atoms with van der Waals surface area (Å²) in [4.78, 5) is 0. The molecule has 2 rings (SSSR count). The molecular weight excluding hydrogens is 269 g/mol. The highest BCUT2D eigenvalue weighted by molar-refractivity contribution is 6.35. The van der Waals surface area contributed by atoms with E-state index in [1.165, 1.54) is 12.8 Å². The molecule has 1 saturated carbocycles.